The van der Waals surface area contributed by atoms with Gasteiger partial charge in [-0.1, -0.05) is 0 Å². The third-order valence-corrected chi connectivity index (χ3v) is 2.76. The zero-order chi connectivity index (χ0) is 13.6. The Balaban J connectivity index is 2.98. The second kappa shape index (κ2) is 3.65. The molecule has 0 saturated heterocycles. The van der Waals surface area contributed by atoms with Crippen molar-refractivity contribution in [1.82, 2.24) is 9.13 Å². The summed E-state index contributed by atoms with van der Waals surface area (Å²) in [6, 6.07) is 2.07. The molecule has 0 radical (unpaired) electrons. The van der Waals surface area contributed by atoms with Gasteiger partial charge in [-0.2, -0.15) is 0 Å². The van der Waals surface area contributed by atoms with Crippen LogP contribution in [0.2, 0.25) is 0 Å². The van der Waals surface area contributed by atoms with Crippen molar-refractivity contribution < 1.29 is 9.85 Å². The molecule has 1 aromatic carbocycles. The van der Waals surface area contributed by atoms with Crippen LogP contribution in [0, 0.1) is 20.2 Å². The molecule has 9 heteroatoms. The SMILES string of the molecule is Cn1c(=O)n(C)c2cc([N+](=O)[O-])c([N+](=O)[O-])cc21. The molecule has 1 heterocycles. The molecule has 94 valence electrons. The van der Waals surface area contributed by atoms with Crippen LogP contribution in [-0.4, -0.2) is 19.0 Å². The van der Waals surface area contributed by atoms with Crippen molar-refractivity contribution >= 4 is 22.4 Å². The Kier molecular flexibility index (Phi) is 2.39. The van der Waals surface area contributed by atoms with Gasteiger partial charge in [0.15, 0.2) is 0 Å². The number of nitro groups is 2. The van der Waals surface area contributed by atoms with Crippen molar-refractivity contribution in [1.29, 1.82) is 0 Å². The number of nitro benzene ring substituents is 2. The van der Waals surface area contributed by atoms with Crippen LogP contribution in [0.4, 0.5) is 11.4 Å². The highest BCUT2D eigenvalue weighted by molar-refractivity contribution is 5.83. The summed E-state index contributed by atoms with van der Waals surface area (Å²) in [4.78, 5) is 31.5. The second-order valence-electron chi connectivity index (χ2n) is 3.74. The number of hydrogen-bond acceptors (Lipinski definition) is 5. The van der Waals surface area contributed by atoms with Crippen LogP contribution in [0.25, 0.3) is 11.0 Å². The molecular formula is C9H8N4O5. The maximum absolute atomic E-state index is 11.6. The number of hydrogen-bond donors (Lipinski definition) is 0. The summed E-state index contributed by atoms with van der Waals surface area (Å²) in [7, 11) is 2.89. The summed E-state index contributed by atoms with van der Waals surface area (Å²) in [5.74, 6) is 0. The molecule has 0 unspecified atom stereocenters. The first-order valence-electron chi connectivity index (χ1n) is 4.83. The summed E-state index contributed by atoms with van der Waals surface area (Å²) < 4.78 is 2.40. The fourth-order valence-electron chi connectivity index (χ4n) is 1.82. The molecule has 0 aliphatic carbocycles. The van der Waals surface area contributed by atoms with Crippen LogP contribution in [0.15, 0.2) is 16.9 Å². The number of aryl methyl sites for hydroxylation is 2. The zero-order valence-corrected chi connectivity index (χ0v) is 9.48. The van der Waals surface area contributed by atoms with Crippen molar-refractivity contribution in [3.8, 4) is 0 Å². The van der Waals surface area contributed by atoms with E-state index in [1.54, 1.807) is 0 Å². The number of nitrogens with zero attached hydrogens (tertiary/aromatic N) is 4. The number of aromatic nitrogens is 2. The molecule has 2 aromatic rings. The van der Waals surface area contributed by atoms with Crippen LogP contribution in [0.1, 0.15) is 0 Å². The fraction of sp³-hybridized carbons (Fsp3) is 0.222. The predicted molar refractivity (Wildman–Crippen MR) is 61.5 cm³/mol. The number of rotatable bonds is 2. The summed E-state index contributed by atoms with van der Waals surface area (Å²) in [6.07, 6.45) is 0. The molecule has 2 rings (SSSR count). The Hall–Kier alpha value is -2.71. The first-order chi connectivity index (χ1) is 8.34. The molecule has 0 N–H and O–H groups in total. The second-order valence-corrected chi connectivity index (χ2v) is 3.74. The molecule has 1 aromatic heterocycles. The van der Waals surface area contributed by atoms with Gasteiger partial charge in [0.1, 0.15) is 0 Å². The lowest BCUT2D eigenvalue weighted by Crippen LogP contribution is -2.19. The maximum atomic E-state index is 11.6. The van der Waals surface area contributed by atoms with Gasteiger partial charge >= 0.3 is 17.1 Å². The molecule has 0 aliphatic heterocycles. The van der Waals surface area contributed by atoms with E-state index in [0.29, 0.717) is 0 Å². The van der Waals surface area contributed by atoms with E-state index >= 15 is 0 Å². The summed E-state index contributed by atoms with van der Waals surface area (Å²) in [6.45, 7) is 0. The third kappa shape index (κ3) is 1.44. The van der Waals surface area contributed by atoms with E-state index in [2.05, 4.69) is 0 Å². The van der Waals surface area contributed by atoms with E-state index in [-0.39, 0.29) is 11.0 Å². The number of benzene rings is 1. The summed E-state index contributed by atoms with van der Waals surface area (Å²) >= 11 is 0. The van der Waals surface area contributed by atoms with Gasteiger partial charge in [0.2, 0.25) is 0 Å². The normalized spacial score (nSPS) is 10.8. The van der Waals surface area contributed by atoms with Crippen LogP contribution >= 0.6 is 0 Å². The van der Waals surface area contributed by atoms with Gasteiger partial charge in [-0.15, -0.1) is 0 Å². The molecular weight excluding hydrogens is 244 g/mol. The van der Waals surface area contributed by atoms with Crippen LogP contribution < -0.4 is 5.69 Å². The molecule has 0 spiro atoms. The molecule has 0 saturated carbocycles. The lowest BCUT2D eigenvalue weighted by Gasteiger charge is -1.97. The van der Waals surface area contributed by atoms with Gasteiger partial charge in [-0.25, -0.2) is 4.79 Å². The van der Waals surface area contributed by atoms with E-state index in [1.807, 2.05) is 0 Å². The Morgan fingerprint density at radius 3 is 1.56 bits per heavy atom. The average Bonchev–Trinajstić information content (AvgIpc) is 2.53. The van der Waals surface area contributed by atoms with Crippen molar-refractivity contribution in [3.05, 3.63) is 42.8 Å². The maximum Gasteiger partial charge on any atom is 0.348 e. The number of imidazole rings is 1. The molecule has 0 fully saturated rings. The molecule has 18 heavy (non-hydrogen) atoms. The Morgan fingerprint density at radius 2 is 1.28 bits per heavy atom. The quantitative estimate of drug-likeness (QED) is 0.576. The summed E-state index contributed by atoms with van der Waals surface area (Å²) in [5.41, 5.74) is -1.11. The highest BCUT2D eigenvalue weighted by Crippen LogP contribution is 2.30. The van der Waals surface area contributed by atoms with E-state index in [9.17, 15) is 25.0 Å². The van der Waals surface area contributed by atoms with E-state index < -0.39 is 26.9 Å². The Morgan fingerprint density at radius 1 is 0.944 bits per heavy atom. The van der Waals surface area contributed by atoms with E-state index in [0.717, 1.165) is 12.1 Å². The van der Waals surface area contributed by atoms with E-state index in [4.69, 9.17) is 0 Å². The minimum absolute atomic E-state index is 0.278. The van der Waals surface area contributed by atoms with Crippen molar-refractivity contribution in [2.24, 2.45) is 14.1 Å². The Labute approximate surface area is 99.2 Å². The molecule has 0 atom stereocenters. The van der Waals surface area contributed by atoms with Gasteiger partial charge in [0, 0.05) is 26.2 Å². The van der Waals surface area contributed by atoms with Gasteiger partial charge < -0.3 is 0 Å². The smallest absolute Gasteiger partial charge is 0.295 e. The average molecular weight is 252 g/mol. The lowest BCUT2D eigenvalue weighted by molar-refractivity contribution is -0.422. The third-order valence-electron chi connectivity index (χ3n) is 2.76. The first-order valence-corrected chi connectivity index (χ1v) is 4.83. The highest BCUT2D eigenvalue weighted by Gasteiger charge is 2.27. The first kappa shape index (κ1) is 11.8. The van der Waals surface area contributed by atoms with Gasteiger partial charge in [-0.05, 0) is 0 Å². The minimum Gasteiger partial charge on any atom is -0.295 e. The van der Waals surface area contributed by atoms with Gasteiger partial charge in [0.25, 0.3) is 0 Å². The largest absolute Gasteiger partial charge is 0.348 e. The monoisotopic (exact) mass is 252 g/mol. The standard InChI is InChI=1S/C9H8N4O5/c1-10-5-3-7(12(15)16)8(13(17)18)4-6(5)11(2)9(10)14/h3-4H,1-2H3. The molecule has 0 amide bonds. The zero-order valence-electron chi connectivity index (χ0n) is 9.48. The van der Waals surface area contributed by atoms with E-state index in [1.165, 1.54) is 23.2 Å². The minimum atomic E-state index is -0.838. The van der Waals surface area contributed by atoms with Gasteiger partial charge in [-0.3, -0.25) is 29.4 Å². The van der Waals surface area contributed by atoms with Crippen molar-refractivity contribution in [2.45, 2.75) is 0 Å². The molecule has 9 nitrogen and oxygen atoms in total. The van der Waals surface area contributed by atoms with Gasteiger partial charge in [0.05, 0.1) is 20.9 Å². The fourth-order valence-corrected chi connectivity index (χ4v) is 1.82. The van der Waals surface area contributed by atoms with Crippen LogP contribution in [-0.2, 0) is 14.1 Å². The lowest BCUT2D eigenvalue weighted by atomic mass is 10.2. The predicted octanol–water partition coefficient (Wildman–Crippen LogP) is 0.693. The van der Waals surface area contributed by atoms with Crippen LogP contribution in [0.5, 0.6) is 0 Å². The van der Waals surface area contributed by atoms with Crippen LogP contribution in [0.3, 0.4) is 0 Å². The topological polar surface area (TPSA) is 113 Å². The van der Waals surface area contributed by atoms with Crippen molar-refractivity contribution in [3.63, 3.8) is 0 Å². The molecule has 0 bridgehead atoms. The van der Waals surface area contributed by atoms with Crippen molar-refractivity contribution in [2.75, 3.05) is 0 Å². The number of fused-ring (bicyclic) bond motifs is 1. The molecule has 0 aliphatic rings. The Bertz CT molecular complexity index is 681. The highest BCUT2D eigenvalue weighted by atomic mass is 16.6. The summed E-state index contributed by atoms with van der Waals surface area (Å²) in [5, 5.41) is 21.6.